The van der Waals surface area contributed by atoms with Crippen LogP contribution in [0.5, 0.6) is 0 Å². The minimum atomic E-state index is -0.234. The molecule has 0 aromatic heterocycles. The lowest BCUT2D eigenvalue weighted by Gasteiger charge is -2.21. The van der Waals surface area contributed by atoms with Crippen LogP contribution in [0.1, 0.15) is 52.6 Å². The Kier molecular flexibility index (Phi) is 6.02. The van der Waals surface area contributed by atoms with E-state index in [1.807, 2.05) is 45.0 Å². The smallest absolute Gasteiger partial charge is 0.319 e. The maximum atomic E-state index is 11.8. The molecule has 1 aromatic carbocycles. The normalized spacial score (nSPS) is 12.8. The van der Waals surface area contributed by atoms with E-state index in [1.54, 1.807) is 0 Å². The van der Waals surface area contributed by atoms with E-state index in [-0.39, 0.29) is 11.6 Å². The van der Waals surface area contributed by atoms with Gasteiger partial charge in [-0.25, -0.2) is 4.79 Å². The van der Waals surface area contributed by atoms with Gasteiger partial charge in [0.25, 0.3) is 0 Å². The average molecular weight is 277 g/mol. The highest BCUT2D eigenvalue weighted by Crippen LogP contribution is 2.16. The summed E-state index contributed by atoms with van der Waals surface area (Å²) in [6.45, 7) is 11.2. The Hall–Kier alpha value is -1.55. The van der Waals surface area contributed by atoms with Gasteiger partial charge in [0.15, 0.2) is 0 Å². The molecule has 0 radical (unpaired) electrons. The Morgan fingerprint density at radius 2 is 1.80 bits per heavy atom. The Morgan fingerprint density at radius 1 is 1.20 bits per heavy atom. The molecule has 0 aliphatic rings. The average Bonchev–Trinajstić information content (AvgIpc) is 2.34. The third-order valence-corrected chi connectivity index (χ3v) is 2.86. The summed E-state index contributed by atoms with van der Waals surface area (Å²) < 4.78 is 0. The van der Waals surface area contributed by atoms with Gasteiger partial charge in [-0.05, 0) is 58.4 Å². The Bertz CT molecular complexity index is 420. The molecule has 0 spiro atoms. The van der Waals surface area contributed by atoms with E-state index in [0.717, 1.165) is 18.7 Å². The van der Waals surface area contributed by atoms with Gasteiger partial charge in [-0.3, -0.25) is 0 Å². The Balaban J connectivity index is 2.56. The zero-order valence-corrected chi connectivity index (χ0v) is 13.2. The SMILES string of the molecule is CCCNC(C)c1ccc(NC(=O)NC(C)(C)C)cc1. The number of anilines is 1. The summed E-state index contributed by atoms with van der Waals surface area (Å²) in [5.74, 6) is 0. The van der Waals surface area contributed by atoms with Crippen molar-refractivity contribution >= 4 is 11.7 Å². The first-order valence-electron chi connectivity index (χ1n) is 7.24. The van der Waals surface area contributed by atoms with Crippen molar-refractivity contribution in [2.45, 2.75) is 52.6 Å². The number of amides is 2. The molecule has 4 nitrogen and oxygen atoms in total. The molecule has 1 atom stereocenters. The monoisotopic (exact) mass is 277 g/mol. The van der Waals surface area contributed by atoms with E-state index in [2.05, 4.69) is 29.8 Å². The lowest BCUT2D eigenvalue weighted by molar-refractivity contribution is 0.244. The number of benzene rings is 1. The fourth-order valence-electron chi connectivity index (χ4n) is 1.84. The van der Waals surface area contributed by atoms with Gasteiger partial charge in [0, 0.05) is 17.3 Å². The van der Waals surface area contributed by atoms with E-state index in [1.165, 1.54) is 5.56 Å². The molecule has 0 aliphatic carbocycles. The molecule has 3 N–H and O–H groups in total. The summed E-state index contributed by atoms with van der Waals surface area (Å²) >= 11 is 0. The molecule has 1 unspecified atom stereocenters. The molecule has 4 heteroatoms. The predicted molar refractivity (Wildman–Crippen MR) is 85.1 cm³/mol. The number of carbonyl (C=O) groups is 1. The molecule has 0 saturated carbocycles. The van der Waals surface area contributed by atoms with Crippen molar-refractivity contribution in [2.24, 2.45) is 0 Å². The quantitative estimate of drug-likeness (QED) is 0.769. The van der Waals surface area contributed by atoms with Crippen LogP contribution < -0.4 is 16.0 Å². The maximum absolute atomic E-state index is 11.8. The van der Waals surface area contributed by atoms with Crippen LogP contribution in [0.2, 0.25) is 0 Å². The van der Waals surface area contributed by atoms with Gasteiger partial charge in [0.05, 0.1) is 0 Å². The Labute approximate surface area is 122 Å². The summed E-state index contributed by atoms with van der Waals surface area (Å²) in [6.07, 6.45) is 1.12. The molecular weight excluding hydrogens is 250 g/mol. The number of hydrogen-bond donors (Lipinski definition) is 3. The summed E-state index contributed by atoms with van der Waals surface area (Å²) in [5.41, 5.74) is 1.79. The second-order valence-electron chi connectivity index (χ2n) is 6.13. The van der Waals surface area contributed by atoms with Crippen molar-refractivity contribution < 1.29 is 4.79 Å². The van der Waals surface area contributed by atoms with E-state index in [4.69, 9.17) is 0 Å². The summed E-state index contributed by atoms with van der Waals surface area (Å²) in [7, 11) is 0. The van der Waals surface area contributed by atoms with Crippen LogP contribution in [0.3, 0.4) is 0 Å². The number of urea groups is 1. The van der Waals surface area contributed by atoms with Gasteiger partial charge < -0.3 is 16.0 Å². The number of carbonyl (C=O) groups excluding carboxylic acids is 1. The van der Waals surface area contributed by atoms with Crippen LogP contribution in [0.15, 0.2) is 24.3 Å². The first-order valence-corrected chi connectivity index (χ1v) is 7.24. The largest absolute Gasteiger partial charge is 0.333 e. The molecule has 2 amide bonds. The minimum Gasteiger partial charge on any atom is -0.333 e. The van der Waals surface area contributed by atoms with E-state index >= 15 is 0 Å². The number of nitrogens with one attached hydrogen (secondary N) is 3. The highest BCUT2D eigenvalue weighted by molar-refractivity contribution is 5.89. The van der Waals surface area contributed by atoms with Crippen LogP contribution in [0.4, 0.5) is 10.5 Å². The van der Waals surface area contributed by atoms with E-state index in [0.29, 0.717) is 6.04 Å². The molecule has 0 bridgehead atoms. The van der Waals surface area contributed by atoms with Gasteiger partial charge in [0.1, 0.15) is 0 Å². The lowest BCUT2D eigenvalue weighted by Crippen LogP contribution is -2.43. The molecule has 0 aliphatic heterocycles. The van der Waals surface area contributed by atoms with Gasteiger partial charge in [-0.2, -0.15) is 0 Å². The topological polar surface area (TPSA) is 53.2 Å². The minimum absolute atomic E-state index is 0.178. The second kappa shape index (κ2) is 7.29. The van der Waals surface area contributed by atoms with Gasteiger partial charge >= 0.3 is 6.03 Å². The summed E-state index contributed by atoms with van der Waals surface area (Å²) in [4.78, 5) is 11.8. The van der Waals surface area contributed by atoms with Crippen LogP contribution in [0.25, 0.3) is 0 Å². The van der Waals surface area contributed by atoms with E-state index in [9.17, 15) is 4.79 Å². The molecular formula is C16H27N3O. The van der Waals surface area contributed by atoms with Crippen molar-refractivity contribution in [3.63, 3.8) is 0 Å². The lowest BCUT2D eigenvalue weighted by atomic mass is 10.1. The molecule has 112 valence electrons. The zero-order valence-electron chi connectivity index (χ0n) is 13.2. The third-order valence-electron chi connectivity index (χ3n) is 2.86. The predicted octanol–water partition coefficient (Wildman–Crippen LogP) is 3.67. The standard InChI is InChI=1S/C16H27N3O/c1-6-11-17-12(2)13-7-9-14(10-8-13)18-15(20)19-16(3,4)5/h7-10,12,17H,6,11H2,1-5H3,(H2,18,19,20). The molecule has 20 heavy (non-hydrogen) atoms. The van der Waals surface area contributed by atoms with Gasteiger partial charge in [0.2, 0.25) is 0 Å². The summed E-state index contributed by atoms with van der Waals surface area (Å²) in [6, 6.07) is 8.10. The highest BCUT2D eigenvalue weighted by Gasteiger charge is 2.13. The fraction of sp³-hybridized carbons (Fsp3) is 0.562. The molecule has 0 heterocycles. The molecule has 1 aromatic rings. The van der Waals surface area contributed by atoms with Crippen LogP contribution in [0, 0.1) is 0 Å². The van der Waals surface area contributed by atoms with Gasteiger partial charge in [-0.1, -0.05) is 19.1 Å². The number of rotatable bonds is 5. The Morgan fingerprint density at radius 3 is 2.30 bits per heavy atom. The van der Waals surface area contributed by atoms with Crippen molar-refractivity contribution in [3.8, 4) is 0 Å². The molecule has 0 saturated heterocycles. The first kappa shape index (κ1) is 16.5. The van der Waals surface area contributed by atoms with E-state index < -0.39 is 0 Å². The third kappa shape index (κ3) is 6.06. The zero-order chi connectivity index (χ0) is 15.2. The maximum Gasteiger partial charge on any atom is 0.319 e. The first-order chi connectivity index (χ1) is 9.31. The van der Waals surface area contributed by atoms with Crippen molar-refractivity contribution in [1.29, 1.82) is 0 Å². The van der Waals surface area contributed by atoms with Crippen molar-refractivity contribution in [2.75, 3.05) is 11.9 Å². The second-order valence-corrected chi connectivity index (χ2v) is 6.13. The number of hydrogen-bond acceptors (Lipinski definition) is 2. The van der Waals surface area contributed by atoms with Crippen molar-refractivity contribution in [1.82, 2.24) is 10.6 Å². The molecule has 1 rings (SSSR count). The van der Waals surface area contributed by atoms with Crippen LogP contribution in [-0.2, 0) is 0 Å². The van der Waals surface area contributed by atoms with Crippen LogP contribution in [-0.4, -0.2) is 18.1 Å². The van der Waals surface area contributed by atoms with Crippen molar-refractivity contribution in [3.05, 3.63) is 29.8 Å². The fourth-order valence-corrected chi connectivity index (χ4v) is 1.84. The van der Waals surface area contributed by atoms with Crippen LogP contribution >= 0.6 is 0 Å². The highest BCUT2D eigenvalue weighted by atomic mass is 16.2. The van der Waals surface area contributed by atoms with Gasteiger partial charge in [-0.15, -0.1) is 0 Å². The molecule has 0 fully saturated rings. The summed E-state index contributed by atoms with van der Waals surface area (Å²) in [5, 5.41) is 9.15.